The molecule has 104 valence electrons. The molecule has 2 aromatic heterocycles. The van der Waals surface area contributed by atoms with Gasteiger partial charge in [-0.1, -0.05) is 31.6 Å². The first-order valence-electron chi connectivity index (χ1n) is 6.85. The summed E-state index contributed by atoms with van der Waals surface area (Å²) < 4.78 is 3.17. The van der Waals surface area contributed by atoms with Gasteiger partial charge >= 0.3 is 0 Å². The molecule has 0 amide bonds. The van der Waals surface area contributed by atoms with Gasteiger partial charge < -0.3 is 0 Å². The zero-order valence-corrected chi connectivity index (χ0v) is 14.1. The van der Waals surface area contributed by atoms with Gasteiger partial charge in [-0.3, -0.25) is 4.40 Å². The molecule has 4 heteroatoms. The van der Waals surface area contributed by atoms with Crippen LogP contribution in [0.25, 0.3) is 11.6 Å². The van der Waals surface area contributed by atoms with Crippen molar-refractivity contribution in [1.29, 1.82) is 0 Å². The highest BCUT2D eigenvalue weighted by atomic mass is 79.9. The highest BCUT2D eigenvalue weighted by Crippen LogP contribution is 2.29. The van der Waals surface area contributed by atoms with Crippen molar-refractivity contribution in [2.24, 2.45) is 0 Å². The van der Waals surface area contributed by atoms with E-state index < -0.39 is 0 Å². The standard InChI is InChI=1S/C16H17BrN2S/c1-3-5-13-15-9-8-11-10-12(20-2)6-4-7-14(11)19(15)16(17)18-13/h4,6,8-10H,3,5,7H2,1-2H3. The summed E-state index contributed by atoms with van der Waals surface area (Å²) in [4.78, 5) is 5.99. The Balaban J connectivity index is 2.24. The van der Waals surface area contributed by atoms with E-state index in [1.54, 1.807) is 11.8 Å². The number of pyridine rings is 1. The molecule has 0 radical (unpaired) electrons. The molecule has 2 aromatic rings. The predicted molar refractivity (Wildman–Crippen MR) is 91.2 cm³/mol. The average molecular weight is 349 g/mol. The number of imidazole rings is 1. The summed E-state index contributed by atoms with van der Waals surface area (Å²) in [5.41, 5.74) is 5.01. The smallest absolute Gasteiger partial charge is 0.182 e. The molecule has 0 saturated heterocycles. The topological polar surface area (TPSA) is 17.3 Å². The fraction of sp³-hybridized carbons (Fsp3) is 0.312. The molecule has 1 aliphatic rings. The van der Waals surface area contributed by atoms with Crippen LogP contribution in [-0.4, -0.2) is 15.6 Å². The van der Waals surface area contributed by atoms with Gasteiger partial charge in [0, 0.05) is 17.0 Å². The fourth-order valence-corrected chi connectivity index (χ4v) is 3.74. The third-order valence-corrected chi connectivity index (χ3v) is 4.84. The van der Waals surface area contributed by atoms with Crippen molar-refractivity contribution in [3.8, 4) is 0 Å². The van der Waals surface area contributed by atoms with Crippen LogP contribution in [0, 0.1) is 0 Å². The number of hydrogen-bond donors (Lipinski definition) is 0. The zero-order chi connectivity index (χ0) is 14.1. The van der Waals surface area contributed by atoms with Crippen molar-refractivity contribution < 1.29 is 0 Å². The van der Waals surface area contributed by atoms with Gasteiger partial charge in [-0.2, -0.15) is 0 Å². The number of aryl methyl sites for hydroxylation is 1. The van der Waals surface area contributed by atoms with E-state index in [1.165, 1.54) is 27.4 Å². The molecule has 2 nitrogen and oxygen atoms in total. The molecule has 20 heavy (non-hydrogen) atoms. The molecule has 1 aliphatic carbocycles. The highest BCUT2D eigenvalue weighted by Gasteiger charge is 2.15. The Bertz CT molecular complexity index is 713. The number of thioether (sulfide) groups is 1. The fourth-order valence-electron chi connectivity index (χ4n) is 2.64. The number of nitrogens with zero attached hydrogens (tertiary/aromatic N) is 2. The SMILES string of the molecule is CCCc1nc(Br)n2c3c(ccc12)C=C(SC)C=CC3. The molecule has 2 heterocycles. The van der Waals surface area contributed by atoms with Crippen LogP contribution in [0.4, 0.5) is 0 Å². The maximum absolute atomic E-state index is 4.69. The van der Waals surface area contributed by atoms with Gasteiger partial charge in [0.05, 0.1) is 11.2 Å². The predicted octanol–water partition coefficient (Wildman–Crippen LogP) is 4.87. The zero-order valence-electron chi connectivity index (χ0n) is 11.7. The Hall–Kier alpha value is -1.00. The number of rotatable bonds is 3. The minimum absolute atomic E-state index is 0.919. The normalized spacial score (nSPS) is 14.2. The summed E-state index contributed by atoms with van der Waals surface area (Å²) in [6.07, 6.45) is 11.9. The van der Waals surface area contributed by atoms with Gasteiger partial charge in [-0.15, -0.1) is 11.8 Å². The summed E-state index contributed by atoms with van der Waals surface area (Å²) in [7, 11) is 0. The first kappa shape index (κ1) is 14.0. The summed E-state index contributed by atoms with van der Waals surface area (Å²) in [6, 6.07) is 4.42. The van der Waals surface area contributed by atoms with Crippen LogP contribution in [-0.2, 0) is 12.8 Å². The lowest BCUT2D eigenvalue weighted by Gasteiger charge is -2.08. The summed E-state index contributed by atoms with van der Waals surface area (Å²) in [5, 5.41) is 0. The molecule has 3 rings (SSSR count). The highest BCUT2D eigenvalue weighted by molar-refractivity contribution is 9.10. The van der Waals surface area contributed by atoms with E-state index in [9.17, 15) is 0 Å². The van der Waals surface area contributed by atoms with Crippen molar-refractivity contribution in [3.05, 3.63) is 50.9 Å². The second-order valence-corrected chi connectivity index (χ2v) is 6.48. The number of halogens is 1. The van der Waals surface area contributed by atoms with Gasteiger partial charge in [-0.25, -0.2) is 4.98 Å². The molecule has 0 spiro atoms. The number of allylic oxidation sites excluding steroid dienone is 2. The minimum atomic E-state index is 0.919. The van der Waals surface area contributed by atoms with Crippen LogP contribution >= 0.6 is 27.7 Å². The molecule has 0 unspecified atom stereocenters. The van der Waals surface area contributed by atoms with Gasteiger partial charge in [-0.05, 0) is 46.3 Å². The van der Waals surface area contributed by atoms with Crippen LogP contribution in [0.1, 0.15) is 30.3 Å². The largest absolute Gasteiger partial charge is 0.290 e. The molecule has 0 atom stereocenters. The van der Waals surface area contributed by atoms with E-state index in [1.807, 2.05) is 0 Å². The van der Waals surface area contributed by atoms with Crippen molar-refractivity contribution in [2.75, 3.05) is 6.26 Å². The van der Waals surface area contributed by atoms with E-state index >= 15 is 0 Å². The maximum atomic E-state index is 4.69. The van der Waals surface area contributed by atoms with Crippen molar-refractivity contribution >= 4 is 39.3 Å². The number of fused-ring (bicyclic) bond motifs is 3. The number of hydrogen-bond acceptors (Lipinski definition) is 2. The van der Waals surface area contributed by atoms with Gasteiger partial charge in [0.2, 0.25) is 0 Å². The van der Waals surface area contributed by atoms with Crippen molar-refractivity contribution in [1.82, 2.24) is 9.38 Å². The molecular formula is C16H17BrN2S. The van der Waals surface area contributed by atoms with E-state index in [2.05, 4.69) is 68.9 Å². The van der Waals surface area contributed by atoms with E-state index in [-0.39, 0.29) is 0 Å². The Labute approximate surface area is 132 Å². The summed E-state index contributed by atoms with van der Waals surface area (Å²) in [6.45, 7) is 2.19. The lowest BCUT2D eigenvalue weighted by molar-refractivity contribution is 0.896. The molecule has 0 aliphatic heterocycles. The molecule has 0 bridgehead atoms. The molecule has 0 fully saturated rings. The molecule has 0 saturated carbocycles. The Morgan fingerprint density at radius 3 is 3.00 bits per heavy atom. The second kappa shape index (κ2) is 5.78. The van der Waals surface area contributed by atoms with Gasteiger partial charge in [0.1, 0.15) is 0 Å². The lowest BCUT2D eigenvalue weighted by Crippen LogP contribution is -1.99. The minimum Gasteiger partial charge on any atom is -0.290 e. The molecule has 0 N–H and O–H groups in total. The van der Waals surface area contributed by atoms with Crippen molar-refractivity contribution in [2.45, 2.75) is 26.2 Å². The average Bonchev–Trinajstić information content (AvgIpc) is 2.64. The van der Waals surface area contributed by atoms with Crippen LogP contribution < -0.4 is 0 Å². The second-order valence-electron chi connectivity index (χ2n) is 4.89. The van der Waals surface area contributed by atoms with Crippen LogP contribution in [0.15, 0.2) is 33.9 Å². The van der Waals surface area contributed by atoms with Crippen LogP contribution in [0.3, 0.4) is 0 Å². The lowest BCUT2D eigenvalue weighted by atomic mass is 10.1. The third-order valence-electron chi connectivity index (χ3n) is 3.59. The van der Waals surface area contributed by atoms with Crippen LogP contribution in [0.5, 0.6) is 0 Å². The summed E-state index contributed by atoms with van der Waals surface area (Å²) in [5.74, 6) is 0. The monoisotopic (exact) mass is 348 g/mol. The molecular weight excluding hydrogens is 332 g/mol. The van der Waals surface area contributed by atoms with E-state index in [0.717, 1.165) is 24.0 Å². The Morgan fingerprint density at radius 2 is 2.25 bits per heavy atom. The number of aromatic nitrogens is 2. The Kier molecular flexibility index (Phi) is 4.03. The van der Waals surface area contributed by atoms with E-state index in [0.29, 0.717) is 0 Å². The van der Waals surface area contributed by atoms with Crippen molar-refractivity contribution in [3.63, 3.8) is 0 Å². The van der Waals surface area contributed by atoms with Crippen LogP contribution in [0.2, 0.25) is 0 Å². The summed E-state index contributed by atoms with van der Waals surface area (Å²) >= 11 is 5.41. The first-order chi connectivity index (χ1) is 9.74. The third kappa shape index (κ3) is 2.35. The maximum Gasteiger partial charge on any atom is 0.182 e. The Morgan fingerprint density at radius 1 is 1.40 bits per heavy atom. The first-order valence-corrected chi connectivity index (χ1v) is 8.87. The quantitative estimate of drug-likeness (QED) is 0.787. The molecule has 0 aromatic carbocycles. The van der Waals surface area contributed by atoms with E-state index in [4.69, 9.17) is 0 Å². The van der Waals surface area contributed by atoms with Gasteiger partial charge in [0.25, 0.3) is 0 Å². The van der Waals surface area contributed by atoms with Gasteiger partial charge in [0.15, 0.2) is 4.73 Å².